The van der Waals surface area contributed by atoms with Crippen molar-refractivity contribution in [2.24, 2.45) is 0 Å². The lowest BCUT2D eigenvalue weighted by atomic mass is 10.1. The molecule has 1 fully saturated rings. The van der Waals surface area contributed by atoms with E-state index in [1.807, 2.05) is 0 Å². The molecule has 0 spiro atoms. The fourth-order valence-corrected chi connectivity index (χ4v) is 3.00. The molecule has 29 heavy (non-hydrogen) atoms. The van der Waals surface area contributed by atoms with E-state index in [0.717, 1.165) is 17.7 Å². The second kappa shape index (κ2) is 9.02. The summed E-state index contributed by atoms with van der Waals surface area (Å²) in [7, 11) is 0. The maximum atomic E-state index is 12.6. The Kier molecular flexibility index (Phi) is 7.15. The number of halogens is 3. The highest BCUT2D eigenvalue weighted by Crippen LogP contribution is 2.29. The molecule has 1 N–H and O–H groups in total. The number of benzene rings is 1. The van der Waals surface area contributed by atoms with E-state index < -0.39 is 29.5 Å². The lowest BCUT2D eigenvalue weighted by Crippen LogP contribution is -2.54. The van der Waals surface area contributed by atoms with Crippen LogP contribution >= 0.6 is 0 Å². The van der Waals surface area contributed by atoms with E-state index in [9.17, 15) is 22.8 Å². The first-order valence-corrected chi connectivity index (χ1v) is 9.52. The average molecular weight is 415 g/mol. The van der Waals surface area contributed by atoms with Gasteiger partial charge in [-0.15, -0.1) is 0 Å². The van der Waals surface area contributed by atoms with E-state index in [0.29, 0.717) is 32.7 Å². The minimum Gasteiger partial charge on any atom is -0.444 e. The number of nitrogens with zero attached hydrogens (tertiary/aromatic N) is 2. The Hall–Kier alpha value is -2.29. The van der Waals surface area contributed by atoms with Crippen LogP contribution < -0.4 is 5.32 Å². The van der Waals surface area contributed by atoms with E-state index in [1.54, 1.807) is 32.6 Å². The van der Waals surface area contributed by atoms with Gasteiger partial charge in [-0.2, -0.15) is 13.2 Å². The molecule has 0 aromatic heterocycles. The summed E-state index contributed by atoms with van der Waals surface area (Å²) in [5, 5.41) is 2.54. The van der Waals surface area contributed by atoms with Gasteiger partial charge in [-0.3, -0.25) is 9.69 Å². The molecule has 1 atom stereocenters. The number of amides is 2. The second-order valence-corrected chi connectivity index (χ2v) is 8.16. The number of carbonyl (C=O) groups is 2. The third kappa shape index (κ3) is 7.23. The molecular formula is C20H28F3N3O3. The van der Waals surface area contributed by atoms with Gasteiger partial charge in [-0.25, -0.2) is 4.79 Å². The average Bonchev–Trinajstić information content (AvgIpc) is 2.59. The number of rotatable bonds is 4. The van der Waals surface area contributed by atoms with Crippen molar-refractivity contribution in [1.29, 1.82) is 0 Å². The molecular weight excluding hydrogens is 387 g/mol. The Morgan fingerprint density at radius 2 is 1.62 bits per heavy atom. The third-order valence-corrected chi connectivity index (χ3v) is 4.48. The molecule has 2 rings (SSSR count). The van der Waals surface area contributed by atoms with Crippen molar-refractivity contribution in [2.75, 3.05) is 26.2 Å². The third-order valence-electron chi connectivity index (χ3n) is 4.48. The van der Waals surface area contributed by atoms with Crippen LogP contribution in [-0.2, 0) is 22.3 Å². The van der Waals surface area contributed by atoms with Crippen LogP contribution in [0.2, 0.25) is 0 Å². The summed E-state index contributed by atoms with van der Waals surface area (Å²) in [6.45, 7) is 9.54. The number of alkyl carbamates (subject to hydrolysis) is 1. The summed E-state index contributed by atoms with van der Waals surface area (Å²) in [6, 6.07) is 4.42. The van der Waals surface area contributed by atoms with Gasteiger partial charge in [0.15, 0.2) is 0 Å². The van der Waals surface area contributed by atoms with Crippen molar-refractivity contribution in [2.45, 2.75) is 52.1 Å². The van der Waals surface area contributed by atoms with E-state index in [2.05, 4.69) is 10.2 Å². The van der Waals surface area contributed by atoms with Gasteiger partial charge in [0.25, 0.3) is 0 Å². The predicted molar refractivity (Wildman–Crippen MR) is 102 cm³/mol. The van der Waals surface area contributed by atoms with Crippen LogP contribution in [0.5, 0.6) is 0 Å². The smallest absolute Gasteiger partial charge is 0.416 e. The highest BCUT2D eigenvalue weighted by molar-refractivity contribution is 5.85. The highest BCUT2D eigenvalue weighted by Gasteiger charge is 2.30. The maximum Gasteiger partial charge on any atom is 0.416 e. The molecule has 1 saturated heterocycles. The van der Waals surface area contributed by atoms with Crippen molar-refractivity contribution in [3.8, 4) is 0 Å². The normalized spacial score (nSPS) is 17.0. The first kappa shape index (κ1) is 23.0. The topological polar surface area (TPSA) is 61.9 Å². The van der Waals surface area contributed by atoms with Crippen molar-refractivity contribution in [3.05, 3.63) is 35.4 Å². The first-order valence-electron chi connectivity index (χ1n) is 9.52. The SMILES string of the molecule is CC(NC(=O)OC(C)(C)C)C(=O)N1CCN(Cc2ccc(C(F)(F)F)cc2)CC1. The molecule has 1 heterocycles. The molecule has 6 nitrogen and oxygen atoms in total. The summed E-state index contributed by atoms with van der Waals surface area (Å²) >= 11 is 0. The fourth-order valence-electron chi connectivity index (χ4n) is 3.00. The molecule has 1 aliphatic heterocycles. The first-order chi connectivity index (χ1) is 13.3. The minimum atomic E-state index is -4.34. The molecule has 2 amide bonds. The standard InChI is InChI=1S/C20H28F3N3O3/c1-14(24-18(28)29-19(2,3)4)17(27)26-11-9-25(10-12-26)13-15-5-7-16(8-6-15)20(21,22)23/h5-8,14H,9-13H2,1-4H3,(H,24,28). The van der Waals surface area contributed by atoms with Crippen LogP contribution in [0.15, 0.2) is 24.3 Å². The second-order valence-electron chi connectivity index (χ2n) is 8.16. The zero-order valence-electron chi connectivity index (χ0n) is 17.2. The van der Waals surface area contributed by atoms with E-state index in [-0.39, 0.29) is 5.91 Å². The summed E-state index contributed by atoms with van der Waals surface area (Å²) in [4.78, 5) is 28.1. The molecule has 0 radical (unpaired) electrons. The molecule has 9 heteroatoms. The maximum absolute atomic E-state index is 12.6. The van der Waals surface area contributed by atoms with Crippen molar-refractivity contribution in [3.63, 3.8) is 0 Å². The summed E-state index contributed by atoms with van der Waals surface area (Å²) < 4.78 is 43.1. The Morgan fingerprint density at radius 3 is 2.10 bits per heavy atom. The quantitative estimate of drug-likeness (QED) is 0.820. The molecule has 1 aliphatic rings. The number of ether oxygens (including phenoxy) is 1. The van der Waals surface area contributed by atoms with E-state index >= 15 is 0 Å². The minimum absolute atomic E-state index is 0.190. The molecule has 1 aromatic carbocycles. The van der Waals surface area contributed by atoms with Gasteiger partial charge in [0.2, 0.25) is 5.91 Å². The van der Waals surface area contributed by atoms with Gasteiger partial charge >= 0.3 is 12.3 Å². The van der Waals surface area contributed by atoms with Crippen LogP contribution in [0.1, 0.15) is 38.8 Å². The van der Waals surface area contributed by atoms with E-state index in [4.69, 9.17) is 4.74 Å². The fraction of sp³-hybridized carbons (Fsp3) is 0.600. The molecule has 1 aromatic rings. The van der Waals surface area contributed by atoms with Gasteiger partial charge in [0.05, 0.1) is 5.56 Å². The van der Waals surface area contributed by atoms with Crippen LogP contribution in [0, 0.1) is 0 Å². The lowest BCUT2D eigenvalue weighted by molar-refractivity contribution is -0.137. The molecule has 0 saturated carbocycles. The number of hydrogen-bond donors (Lipinski definition) is 1. The molecule has 162 valence electrons. The zero-order chi connectivity index (χ0) is 21.8. The number of carbonyl (C=O) groups excluding carboxylic acids is 2. The van der Waals surface area contributed by atoms with Gasteiger partial charge in [-0.1, -0.05) is 12.1 Å². The van der Waals surface area contributed by atoms with Crippen LogP contribution in [-0.4, -0.2) is 59.6 Å². The predicted octanol–water partition coefficient (Wildman–Crippen LogP) is 3.26. The largest absolute Gasteiger partial charge is 0.444 e. The van der Waals surface area contributed by atoms with Gasteiger partial charge in [0.1, 0.15) is 11.6 Å². The lowest BCUT2D eigenvalue weighted by Gasteiger charge is -2.36. The van der Waals surface area contributed by atoms with Crippen molar-refractivity contribution >= 4 is 12.0 Å². The van der Waals surface area contributed by atoms with E-state index in [1.165, 1.54) is 12.1 Å². The van der Waals surface area contributed by atoms with Crippen molar-refractivity contribution in [1.82, 2.24) is 15.1 Å². The van der Waals surface area contributed by atoms with Gasteiger partial charge in [0, 0.05) is 32.7 Å². The Balaban J connectivity index is 1.80. The van der Waals surface area contributed by atoms with Crippen LogP contribution in [0.3, 0.4) is 0 Å². The molecule has 0 bridgehead atoms. The van der Waals surface area contributed by atoms with Crippen LogP contribution in [0.4, 0.5) is 18.0 Å². The molecule has 0 aliphatic carbocycles. The van der Waals surface area contributed by atoms with Gasteiger partial charge < -0.3 is 15.0 Å². The number of nitrogens with one attached hydrogen (secondary N) is 1. The summed E-state index contributed by atoms with van der Waals surface area (Å²) in [5.74, 6) is -0.190. The summed E-state index contributed by atoms with van der Waals surface area (Å²) in [6.07, 6.45) is -4.98. The number of hydrogen-bond acceptors (Lipinski definition) is 4. The Labute approximate surface area is 169 Å². The molecule has 1 unspecified atom stereocenters. The van der Waals surface area contributed by atoms with Gasteiger partial charge in [-0.05, 0) is 45.4 Å². The zero-order valence-corrected chi connectivity index (χ0v) is 17.2. The highest BCUT2D eigenvalue weighted by atomic mass is 19.4. The Morgan fingerprint density at radius 1 is 1.07 bits per heavy atom. The summed E-state index contributed by atoms with van der Waals surface area (Å²) in [5.41, 5.74) is -0.516. The Bertz CT molecular complexity index is 706. The van der Waals surface area contributed by atoms with Crippen LogP contribution in [0.25, 0.3) is 0 Å². The monoisotopic (exact) mass is 415 g/mol. The van der Waals surface area contributed by atoms with Crippen molar-refractivity contribution < 1.29 is 27.5 Å². The number of piperazine rings is 1. The number of alkyl halides is 3.